The van der Waals surface area contributed by atoms with Crippen molar-refractivity contribution in [1.82, 2.24) is 5.43 Å². The van der Waals surface area contributed by atoms with Crippen LogP contribution in [0, 0.1) is 0 Å². The van der Waals surface area contributed by atoms with Gasteiger partial charge in [-0.2, -0.15) is 0 Å². The maximum absolute atomic E-state index is 6.04. The average molecular weight is 309 g/mol. The molecular weight excluding hydrogens is 291 g/mol. The fourth-order valence-corrected chi connectivity index (χ4v) is 2.48. The van der Waals surface area contributed by atoms with Crippen molar-refractivity contribution in [3.63, 3.8) is 0 Å². The first-order chi connectivity index (χ1) is 9.63. The van der Waals surface area contributed by atoms with E-state index in [0.717, 1.165) is 24.0 Å². The van der Waals surface area contributed by atoms with Crippen LogP contribution in [0.2, 0.25) is 10.0 Å². The van der Waals surface area contributed by atoms with Crippen LogP contribution >= 0.6 is 23.2 Å². The molecule has 0 aliphatic rings. The average Bonchev–Trinajstić information content (AvgIpc) is 2.48. The van der Waals surface area contributed by atoms with Crippen molar-refractivity contribution in [3.05, 3.63) is 69.2 Å². The standard InChI is InChI=1S/C16H18Cl2N2/c1-2-11-3-6-13(7-4-11)16(20-19)10-12-5-8-14(17)15(18)9-12/h3-9,16,20H,2,10,19H2,1H3. The van der Waals surface area contributed by atoms with Crippen LogP contribution in [0.4, 0.5) is 0 Å². The molecule has 0 heterocycles. The van der Waals surface area contributed by atoms with E-state index in [-0.39, 0.29) is 6.04 Å². The van der Waals surface area contributed by atoms with Crippen LogP contribution in [0.25, 0.3) is 0 Å². The number of hydrogen-bond acceptors (Lipinski definition) is 2. The summed E-state index contributed by atoms with van der Waals surface area (Å²) in [4.78, 5) is 0. The van der Waals surface area contributed by atoms with Gasteiger partial charge in [-0.1, -0.05) is 60.5 Å². The summed E-state index contributed by atoms with van der Waals surface area (Å²) in [6.45, 7) is 2.14. The van der Waals surface area contributed by atoms with Gasteiger partial charge in [-0.15, -0.1) is 0 Å². The van der Waals surface area contributed by atoms with Gasteiger partial charge >= 0.3 is 0 Å². The zero-order valence-electron chi connectivity index (χ0n) is 11.4. The van der Waals surface area contributed by atoms with Gasteiger partial charge < -0.3 is 0 Å². The lowest BCUT2D eigenvalue weighted by molar-refractivity contribution is 0.552. The maximum Gasteiger partial charge on any atom is 0.0595 e. The molecule has 0 aliphatic heterocycles. The fraction of sp³-hybridized carbons (Fsp3) is 0.250. The van der Waals surface area contributed by atoms with Crippen LogP contribution in [0.15, 0.2) is 42.5 Å². The van der Waals surface area contributed by atoms with Crippen molar-refractivity contribution in [2.75, 3.05) is 0 Å². The van der Waals surface area contributed by atoms with Gasteiger partial charge in [0.05, 0.1) is 10.0 Å². The second kappa shape index (κ2) is 7.09. The van der Waals surface area contributed by atoms with Crippen molar-refractivity contribution >= 4 is 23.2 Å². The molecule has 0 aliphatic carbocycles. The summed E-state index contributed by atoms with van der Waals surface area (Å²) in [5.41, 5.74) is 6.44. The minimum absolute atomic E-state index is 0.0538. The lowest BCUT2D eigenvalue weighted by Crippen LogP contribution is -2.29. The number of halogens is 2. The molecule has 0 bridgehead atoms. The molecule has 1 atom stereocenters. The van der Waals surface area contributed by atoms with Crippen molar-refractivity contribution in [2.24, 2.45) is 5.84 Å². The molecule has 1 unspecified atom stereocenters. The van der Waals surface area contributed by atoms with E-state index in [1.165, 1.54) is 5.56 Å². The number of nitrogens with one attached hydrogen (secondary N) is 1. The van der Waals surface area contributed by atoms with E-state index in [4.69, 9.17) is 29.0 Å². The molecular formula is C16H18Cl2N2. The molecule has 0 fully saturated rings. The highest BCUT2D eigenvalue weighted by atomic mass is 35.5. The van der Waals surface area contributed by atoms with Crippen molar-refractivity contribution in [1.29, 1.82) is 0 Å². The summed E-state index contributed by atoms with van der Waals surface area (Å²) in [6.07, 6.45) is 1.80. The van der Waals surface area contributed by atoms with Gasteiger partial charge in [-0.05, 0) is 41.7 Å². The Bertz CT molecular complexity index is 567. The summed E-state index contributed by atoms with van der Waals surface area (Å²) >= 11 is 12.0. The summed E-state index contributed by atoms with van der Waals surface area (Å²) in [5.74, 6) is 5.68. The van der Waals surface area contributed by atoms with E-state index in [2.05, 4.69) is 36.6 Å². The van der Waals surface area contributed by atoms with Crippen molar-refractivity contribution in [2.45, 2.75) is 25.8 Å². The third-order valence-electron chi connectivity index (χ3n) is 3.42. The lowest BCUT2D eigenvalue weighted by Gasteiger charge is -2.17. The van der Waals surface area contributed by atoms with Crippen LogP contribution < -0.4 is 11.3 Å². The predicted octanol–water partition coefficient (Wildman–Crippen LogP) is 4.30. The Hall–Kier alpha value is -1.06. The largest absolute Gasteiger partial charge is 0.271 e. The highest BCUT2D eigenvalue weighted by molar-refractivity contribution is 6.42. The number of aryl methyl sites for hydroxylation is 1. The van der Waals surface area contributed by atoms with Gasteiger partial charge in [0, 0.05) is 6.04 Å². The molecule has 0 spiro atoms. The number of nitrogens with two attached hydrogens (primary N) is 1. The van der Waals surface area contributed by atoms with Gasteiger partial charge in [0.25, 0.3) is 0 Å². The van der Waals surface area contributed by atoms with Crippen LogP contribution in [0.1, 0.15) is 29.7 Å². The summed E-state index contributed by atoms with van der Waals surface area (Å²) < 4.78 is 0. The predicted molar refractivity (Wildman–Crippen MR) is 86.1 cm³/mol. The topological polar surface area (TPSA) is 38.0 Å². The summed E-state index contributed by atoms with van der Waals surface area (Å²) in [6, 6.07) is 14.2. The summed E-state index contributed by atoms with van der Waals surface area (Å²) in [5, 5.41) is 1.14. The molecule has 0 radical (unpaired) electrons. The molecule has 0 saturated heterocycles. The second-order valence-electron chi connectivity index (χ2n) is 4.77. The van der Waals surface area contributed by atoms with Crippen LogP contribution in [-0.4, -0.2) is 0 Å². The monoisotopic (exact) mass is 308 g/mol. The smallest absolute Gasteiger partial charge is 0.0595 e. The molecule has 20 heavy (non-hydrogen) atoms. The summed E-state index contributed by atoms with van der Waals surface area (Å²) in [7, 11) is 0. The Kier molecular flexibility index (Phi) is 5.44. The van der Waals surface area contributed by atoms with Gasteiger partial charge in [0.2, 0.25) is 0 Å². The van der Waals surface area contributed by atoms with Gasteiger partial charge in [0.1, 0.15) is 0 Å². The SMILES string of the molecule is CCc1ccc(C(Cc2ccc(Cl)c(Cl)c2)NN)cc1. The minimum atomic E-state index is 0.0538. The Morgan fingerprint density at radius 3 is 2.20 bits per heavy atom. The first kappa shape index (κ1) is 15.3. The van der Waals surface area contributed by atoms with E-state index in [1.54, 1.807) is 0 Å². The zero-order valence-corrected chi connectivity index (χ0v) is 12.9. The first-order valence-electron chi connectivity index (χ1n) is 6.63. The molecule has 106 valence electrons. The fourth-order valence-electron chi connectivity index (χ4n) is 2.16. The quantitative estimate of drug-likeness (QED) is 0.638. The number of rotatable bonds is 5. The molecule has 2 aromatic rings. The molecule has 2 nitrogen and oxygen atoms in total. The van der Waals surface area contributed by atoms with Crippen molar-refractivity contribution in [3.8, 4) is 0 Å². The lowest BCUT2D eigenvalue weighted by atomic mass is 9.98. The Labute approximate surface area is 129 Å². The third-order valence-corrected chi connectivity index (χ3v) is 4.15. The third kappa shape index (κ3) is 3.74. The Balaban J connectivity index is 2.16. The number of benzene rings is 2. The molecule has 4 heteroatoms. The van der Waals surface area contributed by atoms with Gasteiger partial charge in [0.15, 0.2) is 0 Å². The molecule has 0 saturated carbocycles. The van der Waals surface area contributed by atoms with E-state index in [9.17, 15) is 0 Å². The van der Waals surface area contributed by atoms with Gasteiger partial charge in [-0.25, -0.2) is 0 Å². The molecule has 0 aromatic heterocycles. The van der Waals surface area contributed by atoms with Gasteiger partial charge in [-0.3, -0.25) is 11.3 Å². The van der Waals surface area contributed by atoms with E-state index in [1.807, 2.05) is 18.2 Å². The molecule has 0 amide bonds. The van der Waals surface area contributed by atoms with E-state index in [0.29, 0.717) is 10.0 Å². The van der Waals surface area contributed by atoms with Crippen LogP contribution in [-0.2, 0) is 12.8 Å². The Morgan fingerprint density at radius 1 is 1.00 bits per heavy atom. The number of hydrogen-bond donors (Lipinski definition) is 2. The second-order valence-corrected chi connectivity index (χ2v) is 5.58. The van der Waals surface area contributed by atoms with Crippen molar-refractivity contribution < 1.29 is 0 Å². The minimum Gasteiger partial charge on any atom is -0.271 e. The highest BCUT2D eigenvalue weighted by Gasteiger charge is 2.11. The first-order valence-corrected chi connectivity index (χ1v) is 7.38. The highest BCUT2D eigenvalue weighted by Crippen LogP contribution is 2.25. The van der Waals surface area contributed by atoms with E-state index >= 15 is 0 Å². The van der Waals surface area contributed by atoms with E-state index < -0.39 is 0 Å². The van der Waals surface area contributed by atoms with Crippen LogP contribution in [0.3, 0.4) is 0 Å². The normalized spacial score (nSPS) is 12.4. The molecule has 2 rings (SSSR count). The Morgan fingerprint density at radius 2 is 1.65 bits per heavy atom. The maximum atomic E-state index is 6.04. The molecule has 3 N–H and O–H groups in total. The number of hydrazine groups is 1. The molecule has 2 aromatic carbocycles. The zero-order chi connectivity index (χ0) is 14.5. The van der Waals surface area contributed by atoms with Crippen LogP contribution in [0.5, 0.6) is 0 Å².